The van der Waals surface area contributed by atoms with Crippen LogP contribution in [-0.2, 0) is 0 Å². The van der Waals surface area contributed by atoms with Crippen LogP contribution in [0.1, 0.15) is 25.2 Å². The van der Waals surface area contributed by atoms with Crippen LogP contribution in [0, 0.1) is 11.6 Å². The lowest BCUT2D eigenvalue weighted by molar-refractivity contribution is 0.103. The van der Waals surface area contributed by atoms with Crippen molar-refractivity contribution in [1.29, 1.82) is 0 Å². The zero-order valence-electron chi connectivity index (χ0n) is 9.84. The Hall–Kier alpha value is -0.590. The molecule has 20 heavy (non-hydrogen) atoms. The van der Waals surface area contributed by atoms with Gasteiger partial charge in [0.05, 0.1) is 9.30 Å². The first-order valence-electron chi connectivity index (χ1n) is 5.47. The second kappa shape index (κ2) is 6.45. The summed E-state index contributed by atoms with van der Waals surface area (Å²) in [5, 5.41) is 0. The number of ketones is 1. The van der Waals surface area contributed by atoms with Crippen molar-refractivity contribution >= 4 is 53.6 Å². The topological polar surface area (TPSA) is 17.1 Å². The Labute approximate surface area is 139 Å². The summed E-state index contributed by atoms with van der Waals surface area (Å²) in [6, 6.07) is 8.00. The smallest absolute Gasteiger partial charge is 0.197 e. The summed E-state index contributed by atoms with van der Waals surface area (Å²) < 4.78 is 27.0. The molecule has 1 nitrogen and oxygen atoms in total. The lowest BCUT2D eigenvalue weighted by atomic mass is 10.0. The van der Waals surface area contributed by atoms with Gasteiger partial charge >= 0.3 is 0 Å². The Bertz CT molecular complexity index is 671. The van der Waals surface area contributed by atoms with Crippen molar-refractivity contribution in [3.63, 3.8) is 0 Å². The van der Waals surface area contributed by atoms with Crippen LogP contribution < -0.4 is 0 Å². The highest BCUT2D eigenvalue weighted by molar-refractivity contribution is 9.24. The van der Waals surface area contributed by atoms with Crippen molar-refractivity contribution in [3.8, 4) is 0 Å². The van der Waals surface area contributed by atoms with E-state index >= 15 is 0 Å². The minimum absolute atomic E-state index is 0.0435. The Morgan fingerprint density at radius 3 is 2.20 bits per heavy atom. The highest BCUT2D eigenvalue weighted by atomic mass is 79.9. The van der Waals surface area contributed by atoms with E-state index in [1.54, 1.807) is 18.2 Å². The largest absolute Gasteiger partial charge is 0.288 e. The van der Waals surface area contributed by atoms with E-state index in [0.717, 1.165) is 17.7 Å². The van der Waals surface area contributed by atoms with E-state index in [-0.39, 0.29) is 9.30 Å². The molecule has 0 spiro atoms. The van der Waals surface area contributed by atoms with Crippen molar-refractivity contribution in [3.05, 3.63) is 69.2 Å². The third kappa shape index (κ3) is 3.35. The van der Waals surface area contributed by atoms with Crippen LogP contribution in [0.3, 0.4) is 0 Å². The first-order valence-corrected chi connectivity index (χ1v) is 8.10. The van der Waals surface area contributed by atoms with Crippen LogP contribution >= 0.6 is 47.8 Å². The molecule has 0 unspecified atom stereocenters. The summed E-state index contributed by atoms with van der Waals surface area (Å²) in [5.41, 5.74) is 1.07. The molecule has 0 fully saturated rings. The molecule has 2 aromatic rings. The SMILES string of the molecule is O=C(c1ccc(F)cc1F)c1ccc(C(Br)Br)cc1Br. The fourth-order valence-electron chi connectivity index (χ4n) is 1.67. The number of alkyl halides is 2. The molecule has 0 heterocycles. The Balaban J connectivity index is 2.43. The third-order valence-electron chi connectivity index (χ3n) is 2.67. The number of carbonyl (C=O) groups excluding carboxylic acids is 1. The molecule has 2 rings (SSSR count). The maximum Gasteiger partial charge on any atom is 0.197 e. The molecule has 2 aromatic carbocycles. The first kappa shape index (κ1) is 15.8. The molecule has 0 saturated carbocycles. The van der Waals surface area contributed by atoms with Crippen LogP contribution in [0.4, 0.5) is 8.78 Å². The summed E-state index contributed by atoms with van der Waals surface area (Å²) in [5.74, 6) is -2.08. The van der Waals surface area contributed by atoms with E-state index in [1.807, 2.05) is 0 Å². The molecular weight excluding hydrogens is 462 g/mol. The second-order valence-corrected chi connectivity index (χ2v) is 7.91. The van der Waals surface area contributed by atoms with E-state index in [2.05, 4.69) is 47.8 Å². The number of hydrogen-bond acceptors (Lipinski definition) is 1. The highest BCUT2D eigenvalue weighted by Gasteiger charge is 2.18. The quantitative estimate of drug-likeness (QED) is 0.414. The van der Waals surface area contributed by atoms with E-state index < -0.39 is 17.4 Å². The Morgan fingerprint density at radius 2 is 1.65 bits per heavy atom. The molecule has 0 saturated heterocycles. The van der Waals surface area contributed by atoms with Gasteiger partial charge in [0, 0.05) is 16.1 Å². The van der Waals surface area contributed by atoms with Gasteiger partial charge in [-0.05, 0) is 29.8 Å². The van der Waals surface area contributed by atoms with Crippen molar-refractivity contribution in [2.75, 3.05) is 0 Å². The minimum atomic E-state index is -0.871. The number of rotatable bonds is 3. The van der Waals surface area contributed by atoms with Crippen LogP contribution in [0.25, 0.3) is 0 Å². The predicted molar refractivity (Wildman–Crippen MR) is 84.5 cm³/mol. The molecule has 0 amide bonds. The van der Waals surface area contributed by atoms with Gasteiger partial charge in [-0.25, -0.2) is 8.78 Å². The summed E-state index contributed by atoms with van der Waals surface area (Å²) in [7, 11) is 0. The molecule has 0 radical (unpaired) electrons. The molecule has 104 valence electrons. The Morgan fingerprint density at radius 1 is 1.00 bits per heavy atom. The van der Waals surface area contributed by atoms with Crippen LogP contribution in [0.2, 0.25) is 0 Å². The van der Waals surface area contributed by atoms with E-state index in [1.165, 1.54) is 0 Å². The van der Waals surface area contributed by atoms with Crippen LogP contribution in [0.5, 0.6) is 0 Å². The lowest BCUT2D eigenvalue weighted by Gasteiger charge is -2.08. The summed E-state index contributed by atoms with van der Waals surface area (Å²) >= 11 is 10.00. The Kier molecular flexibility index (Phi) is 5.09. The lowest BCUT2D eigenvalue weighted by Crippen LogP contribution is -2.06. The van der Waals surface area contributed by atoms with Gasteiger partial charge in [0.2, 0.25) is 0 Å². The van der Waals surface area contributed by atoms with Crippen LogP contribution in [-0.4, -0.2) is 5.78 Å². The first-order chi connectivity index (χ1) is 9.40. The molecule has 0 N–H and O–H groups in total. The van der Waals surface area contributed by atoms with Gasteiger partial charge in [0.25, 0.3) is 0 Å². The summed E-state index contributed by atoms with van der Waals surface area (Å²) in [6.07, 6.45) is 0. The number of hydrogen-bond donors (Lipinski definition) is 0. The van der Waals surface area contributed by atoms with Gasteiger partial charge in [-0.15, -0.1) is 0 Å². The molecule has 0 aliphatic rings. The average molecular weight is 469 g/mol. The van der Waals surface area contributed by atoms with E-state index in [0.29, 0.717) is 16.1 Å². The second-order valence-electron chi connectivity index (χ2n) is 3.99. The molecule has 0 aliphatic heterocycles. The molecular formula is C14H7Br3F2O. The number of halogens is 5. The highest BCUT2D eigenvalue weighted by Crippen LogP contribution is 2.32. The van der Waals surface area contributed by atoms with E-state index in [9.17, 15) is 13.6 Å². The summed E-state index contributed by atoms with van der Waals surface area (Å²) in [4.78, 5) is 12.3. The van der Waals surface area contributed by atoms with E-state index in [4.69, 9.17) is 0 Å². The standard InChI is InChI=1S/C14H7Br3F2O/c15-11-5-7(14(16)17)1-3-9(11)13(20)10-4-2-8(18)6-12(10)19/h1-6,14H. The number of carbonyl (C=O) groups is 1. The van der Waals surface area contributed by atoms with Crippen molar-refractivity contribution < 1.29 is 13.6 Å². The van der Waals surface area contributed by atoms with Gasteiger partial charge in [-0.3, -0.25) is 4.79 Å². The predicted octanol–water partition coefficient (Wildman–Crippen LogP) is 5.75. The van der Waals surface area contributed by atoms with Crippen LogP contribution in [0.15, 0.2) is 40.9 Å². The van der Waals surface area contributed by atoms with Gasteiger partial charge in [-0.2, -0.15) is 0 Å². The molecule has 6 heteroatoms. The van der Waals surface area contributed by atoms with Gasteiger partial charge in [0.15, 0.2) is 5.78 Å². The van der Waals surface area contributed by atoms with Crippen molar-refractivity contribution in [2.45, 2.75) is 3.74 Å². The zero-order valence-corrected chi connectivity index (χ0v) is 14.6. The monoisotopic (exact) mass is 466 g/mol. The van der Waals surface area contributed by atoms with Gasteiger partial charge in [-0.1, -0.05) is 53.9 Å². The maximum absolute atomic E-state index is 13.6. The maximum atomic E-state index is 13.6. The van der Waals surface area contributed by atoms with Crippen molar-refractivity contribution in [2.24, 2.45) is 0 Å². The fourth-order valence-corrected chi connectivity index (χ4v) is 2.82. The van der Waals surface area contributed by atoms with Crippen molar-refractivity contribution in [1.82, 2.24) is 0 Å². The zero-order chi connectivity index (χ0) is 14.9. The molecule has 0 aromatic heterocycles. The van der Waals surface area contributed by atoms with Gasteiger partial charge < -0.3 is 0 Å². The number of benzene rings is 2. The fraction of sp³-hybridized carbons (Fsp3) is 0.0714. The average Bonchev–Trinajstić information content (AvgIpc) is 2.37. The minimum Gasteiger partial charge on any atom is -0.288 e. The normalized spacial score (nSPS) is 10.9. The molecule has 0 atom stereocenters. The third-order valence-corrected chi connectivity index (χ3v) is 4.38. The molecule has 0 aliphatic carbocycles. The van der Waals surface area contributed by atoms with Gasteiger partial charge in [0.1, 0.15) is 11.6 Å². The summed E-state index contributed by atoms with van der Waals surface area (Å²) in [6.45, 7) is 0. The molecule has 0 bridgehead atoms.